The number of carbonyl (C=O) groups excluding carboxylic acids is 1. The van der Waals surface area contributed by atoms with Crippen molar-refractivity contribution in [2.45, 2.75) is 19.8 Å². The molecular weight excluding hydrogens is 372 g/mol. The van der Waals surface area contributed by atoms with E-state index in [0.717, 1.165) is 24.9 Å². The summed E-state index contributed by atoms with van der Waals surface area (Å²) in [6.45, 7) is 2.88. The molecule has 0 radical (unpaired) electrons. The van der Waals surface area contributed by atoms with Gasteiger partial charge in [-0.05, 0) is 0 Å². The minimum absolute atomic E-state index is 0.0325. The fourth-order valence-corrected chi connectivity index (χ4v) is 1.57. The second kappa shape index (κ2) is 6.13. The maximum atomic E-state index is 11.5. The molecule has 0 aliphatic rings. The van der Waals surface area contributed by atoms with E-state index in [1.165, 1.54) is 3.27 Å². The van der Waals surface area contributed by atoms with Gasteiger partial charge in [-0.25, -0.2) is 0 Å². The SMILES string of the molecule is CCCCNC(=O)c1ccc([At])cc1. The monoisotopic (exact) mass is 386 g/mol. The standard InChI is InChI=1S/C11H14AtNO/c1-2-3-8-13-11(14)9-4-6-10(12)7-5-9/h4-7H,2-3,8H2,1H3,(H,13,14). The van der Waals surface area contributed by atoms with Gasteiger partial charge in [0.1, 0.15) is 0 Å². The zero-order valence-corrected chi connectivity index (χ0v) is 11.2. The predicted molar refractivity (Wildman–Crippen MR) is 53.3 cm³/mol. The van der Waals surface area contributed by atoms with Gasteiger partial charge in [-0.3, -0.25) is 0 Å². The van der Waals surface area contributed by atoms with E-state index < -0.39 is 0 Å². The number of nitrogens with one attached hydrogen (secondary N) is 1. The van der Waals surface area contributed by atoms with E-state index in [9.17, 15) is 4.79 Å². The third-order valence-corrected chi connectivity index (χ3v) is 2.90. The Kier molecular flexibility index (Phi) is 5.10. The number of hydrogen-bond donors (Lipinski definition) is 1. The van der Waals surface area contributed by atoms with Gasteiger partial charge < -0.3 is 0 Å². The van der Waals surface area contributed by atoms with Gasteiger partial charge in [-0.1, -0.05) is 0 Å². The van der Waals surface area contributed by atoms with Crippen LogP contribution in [0.3, 0.4) is 0 Å². The number of hydrogen-bond acceptors (Lipinski definition) is 1. The Labute approximate surface area is 99.9 Å². The fraction of sp³-hybridized carbons (Fsp3) is 0.364. The van der Waals surface area contributed by atoms with Crippen LogP contribution in [0.15, 0.2) is 24.3 Å². The molecular formula is C11H14AtNO. The van der Waals surface area contributed by atoms with Crippen LogP contribution in [0.25, 0.3) is 0 Å². The Morgan fingerprint density at radius 2 is 2.00 bits per heavy atom. The van der Waals surface area contributed by atoms with Crippen molar-refractivity contribution in [3.63, 3.8) is 0 Å². The Bertz CT molecular complexity index is 295. The Balaban J connectivity index is 2.48. The van der Waals surface area contributed by atoms with Crippen LogP contribution in [0.4, 0.5) is 0 Å². The molecule has 1 aromatic carbocycles. The molecule has 0 unspecified atom stereocenters. The normalized spacial score (nSPS) is 9.86. The molecule has 0 atom stereocenters. The van der Waals surface area contributed by atoms with Gasteiger partial charge in [0.25, 0.3) is 0 Å². The van der Waals surface area contributed by atoms with Gasteiger partial charge in [0.2, 0.25) is 0 Å². The maximum absolute atomic E-state index is 11.5. The summed E-state index contributed by atoms with van der Waals surface area (Å²) in [4.78, 5) is 11.5. The molecule has 0 saturated carbocycles. The summed E-state index contributed by atoms with van der Waals surface area (Å²) in [5.74, 6) is 0.0325. The summed E-state index contributed by atoms with van der Waals surface area (Å²) in [5, 5.41) is 2.88. The first-order valence-electron chi connectivity index (χ1n) is 4.78. The molecule has 0 fully saturated rings. The molecule has 0 spiro atoms. The molecule has 1 N–H and O–H groups in total. The van der Waals surface area contributed by atoms with Crippen molar-refractivity contribution in [2.75, 3.05) is 6.54 Å². The van der Waals surface area contributed by atoms with Crippen molar-refractivity contribution >= 4 is 9.18 Å². The van der Waals surface area contributed by atoms with Gasteiger partial charge in [0, 0.05) is 0 Å². The summed E-state index contributed by atoms with van der Waals surface area (Å²) < 4.78 is 1.23. The molecule has 14 heavy (non-hydrogen) atoms. The van der Waals surface area contributed by atoms with Crippen LogP contribution in [-0.2, 0) is 0 Å². The van der Waals surface area contributed by atoms with Crippen LogP contribution in [0.5, 0.6) is 0 Å². The zero-order valence-electron chi connectivity index (χ0n) is 8.22. The number of unbranched alkanes of at least 4 members (excludes halogenated alkanes) is 1. The molecule has 1 rings (SSSR count). The van der Waals surface area contributed by atoms with Crippen molar-refractivity contribution in [2.24, 2.45) is 0 Å². The first kappa shape index (κ1) is 11.6. The third-order valence-electron chi connectivity index (χ3n) is 1.92. The summed E-state index contributed by atoms with van der Waals surface area (Å²) in [5.41, 5.74) is 0.751. The minimum atomic E-state index is 0.0325. The Morgan fingerprint density at radius 1 is 1.36 bits per heavy atom. The van der Waals surface area contributed by atoms with Gasteiger partial charge >= 0.3 is 100 Å². The van der Waals surface area contributed by atoms with E-state index in [4.69, 9.17) is 0 Å². The average Bonchev–Trinajstić information content (AvgIpc) is 2.19. The average molecular weight is 386 g/mol. The van der Waals surface area contributed by atoms with E-state index in [-0.39, 0.29) is 5.91 Å². The van der Waals surface area contributed by atoms with Crippen LogP contribution in [0.2, 0.25) is 0 Å². The van der Waals surface area contributed by atoms with E-state index in [1.807, 2.05) is 24.3 Å². The molecule has 0 aliphatic heterocycles. The van der Waals surface area contributed by atoms with E-state index in [2.05, 4.69) is 12.2 Å². The molecule has 76 valence electrons. The van der Waals surface area contributed by atoms with Crippen molar-refractivity contribution in [3.8, 4) is 0 Å². The molecule has 1 aromatic rings. The summed E-state index contributed by atoms with van der Waals surface area (Å²) in [7, 11) is 0. The first-order chi connectivity index (χ1) is 6.74. The second-order valence-corrected chi connectivity index (χ2v) is 4.81. The predicted octanol–water partition coefficient (Wildman–Crippen LogP) is 1.39. The fourth-order valence-electron chi connectivity index (χ4n) is 1.08. The van der Waals surface area contributed by atoms with E-state index in [1.54, 1.807) is 24.7 Å². The molecule has 0 aromatic heterocycles. The molecule has 1 amide bonds. The van der Waals surface area contributed by atoms with Gasteiger partial charge in [0.15, 0.2) is 0 Å². The second-order valence-electron chi connectivity index (χ2n) is 3.12. The van der Waals surface area contributed by atoms with Crippen molar-refractivity contribution in [1.82, 2.24) is 5.32 Å². The third kappa shape index (κ3) is 3.75. The van der Waals surface area contributed by atoms with E-state index in [0.29, 0.717) is 0 Å². The van der Waals surface area contributed by atoms with Crippen LogP contribution in [0, 0.1) is 24.7 Å². The van der Waals surface area contributed by atoms with Crippen LogP contribution in [0.1, 0.15) is 30.1 Å². The topological polar surface area (TPSA) is 29.1 Å². The van der Waals surface area contributed by atoms with Crippen molar-refractivity contribution in [1.29, 1.82) is 0 Å². The molecule has 0 saturated heterocycles. The molecule has 2 nitrogen and oxygen atoms in total. The molecule has 0 bridgehead atoms. The van der Waals surface area contributed by atoms with Gasteiger partial charge in [-0.2, -0.15) is 0 Å². The Hall–Kier alpha value is -0.427. The number of benzene rings is 1. The van der Waals surface area contributed by atoms with E-state index >= 15 is 0 Å². The van der Waals surface area contributed by atoms with Crippen LogP contribution < -0.4 is 8.59 Å². The zero-order chi connectivity index (χ0) is 10.4. The number of carbonyl (C=O) groups is 1. The first-order valence-corrected chi connectivity index (χ1v) is 6.24. The molecule has 3 heteroatoms. The summed E-state index contributed by atoms with van der Waals surface area (Å²) >= 11 is 1.62. The Morgan fingerprint density at radius 3 is 2.57 bits per heavy atom. The van der Waals surface area contributed by atoms with Gasteiger partial charge in [-0.15, -0.1) is 0 Å². The number of rotatable bonds is 4. The van der Waals surface area contributed by atoms with Crippen LogP contribution >= 0.6 is 0 Å². The quantitative estimate of drug-likeness (QED) is 0.779. The number of amides is 1. The summed E-state index contributed by atoms with van der Waals surface area (Å²) in [6.07, 6.45) is 2.15. The molecule has 0 aliphatic carbocycles. The van der Waals surface area contributed by atoms with Crippen LogP contribution in [-0.4, -0.2) is 12.5 Å². The summed E-state index contributed by atoms with van der Waals surface area (Å²) in [6, 6.07) is 7.70. The van der Waals surface area contributed by atoms with Crippen molar-refractivity contribution in [3.05, 3.63) is 29.8 Å². The van der Waals surface area contributed by atoms with Gasteiger partial charge in [0.05, 0.1) is 0 Å². The molecule has 0 heterocycles. The van der Waals surface area contributed by atoms with Crippen molar-refractivity contribution < 1.29 is 29.5 Å².